The molecule has 11 heteroatoms. The molecule has 0 heterocycles. The molecule has 2 amide bonds. The Bertz CT molecular complexity index is 1430. The monoisotopic (exact) mass is 607 g/mol. The second-order valence-corrected chi connectivity index (χ2v) is 12.0. The fourth-order valence-electron chi connectivity index (χ4n) is 3.94. The molecule has 214 valence electrons. The number of carbonyl (C=O) groups excluding carboxylic acids is 2. The lowest BCUT2D eigenvalue weighted by Crippen LogP contribution is -2.51. The van der Waals surface area contributed by atoms with E-state index in [1.54, 1.807) is 19.1 Å². The van der Waals surface area contributed by atoms with E-state index >= 15 is 0 Å². The highest BCUT2D eigenvalue weighted by atomic mass is 35.5. The fraction of sp³-hybridized carbons (Fsp3) is 0.310. The Morgan fingerprint density at radius 2 is 1.65 bits per heavy atom. The van der Waals surface area contributed by atoms with Crippen LogP contribution < -0.4 is 9.62 Å². The largest absolute Gasteiger partial charge is 0.354 e. The number of sulfonamides is 1. The molecule has 0 unspecified atom stereocenters. The van der Waals surface area contributed by atoms with Gasteiger partial charge < -0.3 is 10.2 Å². The van der Waals surface area contributed by atoms with Gasteiger partial charge in [0, 0.05) is 13.1 Å². The van der Waals surface area contributed by atoms with Crippen molar-refractivity contribution in [1.82, 2.24) is 10.2 Å². The molecule has 3 aromatic carbocycles. The summed E-state index contributed by atoms with van der Waals surface area (Å²) >= 11 is 12.6. The van der Waals surface area contributed by atoms with Crippen LogP contribution in [0.3, 0.4) is 0 Å². The highest BCUT2D eigenvalue weighted by Crippen LogP contribution is 2.35. The second-order valence-electron chi connectivity index (χ2n) is 9.37. The maximum Gasteiger partial charge on any atom is 0.264 e. The number of rotatable bonds is 12. The Morgan fingerprint density at radius 1 is 1.00 bits per heavy atom. The number of carbonyl (C=O) groups is 2. The van der Waals surface area contributed by atoms with Crippen molar-refractivity contribution in [3.8, 4) is 0 Å². The number of benzene rings is 3. The van der Waals surface area contributed by atoms with Crippen molar-refractivity contribution >= 4 is 50.7 Å². The molecule has 1 atom stereocenters. The predicted octanol–water partition coefficient (Wildman–Crippen LogP) is 5.97. The first-order valence-corrected chi connectivity index (χ1v) is 15.0. The Hall–Kier alpha value is -3.14. The van der Waals surface area contributed by atoms with E-state index in [0.717, 1.165) is 22.7 Å². The molecule has 0 radical (unpaired) electrons. The zero-order valence-electron chi connectivity index (χ0n) is 22.5. The van der Waals surface area contributed by atoms with Crippen molar-refractivity contribution in [3.63, 3.8) is 0 Å². The van der Waals surface area contributed by atoms with Crippen LogP contribution in [0.2, 0.25) is 10.0 Å². The quantitative estimate of drug-likeness (QED) is 0.257. The summed E-state index contributed by atoms with van der Waals surface area (Å²) in [5.74, 6) is -1.50. The van der Waals surface area contributed by atoms with Gasteiger partial charge >= 0.3 is 0 Å². The summed E-state index contributed by atoms with van der Waals surface area (Å²) < 4.78 is 42.2. The van der Waals surface area contributed by atoms with Crippen molar-refractivity contribution in [1.29, 1.82) is 0 Å². The van der Waals surface area contributed by atoms with Gasteiger partial charge in [-0.2, -0.15) is 0 Å². The third-order valence-corrected chi connectivity index (χ3v) is 8.93. The van der Waals surface area contributed by atoms with Gasteiger partial charge in [-0.05, 0) is 62.2 Å². The first kappa shape index (κ1) is 31.4. The van der Waals surface area contributed by atoms with Gasteiger partial charge in [-0.15, -0.1) is 0 Å². The zero-order chi connectivity index (χ0) is 29.4. The molecule has 3 aromatic rings. The zero-order valence-corrected chi connectivity index (χ0v) is 24.9. The fourth-order valence-corrected chi connectivity index (χ4v) is 5.81. The Labute approximate surface area is 244 Å². The third-order valence-electron chi connectivity index (χ3n) is 6.35. The van der Waals surface area contributed by atoms with Gasteiger partial charge in [0.05, 0.1) is 20.6 Å². The number of anilines is 1. The smallest absolute Gasteiger partial charge is 0.264 e. The summed E-state index contributed by atoms with van der Waals surface area (Å²) in [6, 6.07) is 15.3. The van der Waals surface area contributed by atoms with Gasteiger partial charge in [0.25, 0.3) is 10.0 Å². The van der Waals surface area contributed by atoms with Gasteiger partial charge in [0.15, 0.2) is 0 Å². The van der Waals surface area contributed by atoms with Gasteiger partial charge in [-0.3, -0.25) is 13.9 Å². The van der Waals surface area contributed by atoms with Crippen LogP contribution in [0.25, 0.3) is 0 Å². The molecular formula is C29H32Cl2FN3O4S. The normalized spacial score (nSPS) is 12.1. The molecule has 0 saturated heterocycles. The summed E-state index contributed by atoms with van der Waals surface area (Å²) in [7, 11) is -4.29. The number of halogens is 3. The average molecular weight is 609 g/mol. The highest BCUT2D eigenvalue weighted by Gasteiger charge is 2.33. The van der Waals surface area contributed by atoms with Gasteiger partial charge in [-0.25, -0.2) is 12.8 Å². The molecular weight excluding hydrogens is 576 g/mol. The maximum atomic E-state index is 13.9. The lowest BCUT2D eigenvalue weighted by Gasteiger charge is -2.32. The topological polar surface area (TPSA) is 86.8 Å². The first-order valence-electron chi connectivity index (χ1n) is 12.8. The Balaban J connectivity index is 2.04. The number of nitrogens with one attached hydrogen (secondary N) is 1. The van der Waals surface area contributed by atoms with Crippen molar-refractivity contribution in [2.45, 2.75) is 51.1 Å². The van der Waals surface area contributed by atoms with E-state index in [-0.39, 0.29) is 27.2 Å². The summed E-state index contributed by atoms with van der Waals surface area (Å²) in [6.07, 6.45) is 1.64. The molecule has 0 aliphatic rings. The van der Waals surface area contributed by atoms with E-state index in [4.69, 9.17) is 23.2 Å². The Kier molecular flexibility index (Phi) is 11.0. The van der Waals surface area contributed by atoms with Crippen LogP contribution in [0.4, 0.5) is 10.1 Å². The number of amides is 2. The molecule has 0 aromatic heterocycles. The predicted molar refractivity (Wildman–Crippen MR) is 157 cm³/mol. The van der Waals surface area contributed by atoms with Crippen LogP contribution in [0.5, 0.6) is 0 Å². The number of aryl methyl sites for hydroxylation is 1. The van der Waals surface area contributed by atoms with Gasteiger partial charge in [0.2, 0.25) is 11.8 Å². The summed E-state index contributed by atoms with van der Waals surface area (Å²) in [5, 5.41) is 2.89. The van der Waals surface area contributed by atoms with E-state index in [1.807, 2.05) is 13.8 Å². The van der Waals surface area contributed by atoms with Crippen LogP contribution in [0, 0.1) is 12.7 Å². The Morgan fingerprint density at radius 3 is 2.27 bits per heavy atom. The number of nitrogens with zero attached hydrogens (tertiary/aromatic N) is 2. The SMILES string of the molecule is CCCCNC(=O)[C@@H](C)N(Cc1ccc(F)cc1)C(=O)CN(c1cccc(Cl)c1Cl)S(=O)(=O)c1ccc(C)cc1. The van der Waals surface area contributed by atoms with Crippen LogP contribution in [-0.2, 0) is 26.2 Å². The summed E-state index contributed by atoms with van der Waals surface area (Å²) in [4.78, 5) is 28.1. The van der Waals surface area contributed by atoms with Crippen LogP contribution in [0.15, 0.2) is 71.6 Å². The average Bonchev–Trinajstić information content (AvgIpc) is 2.93. The lowest BCUT2D eigenvalue weighted by molar-refractivity contribution is -0.139. The van der Waals surface area contributed by atoms with Crippen molar-refractivity contribution in [2.24, 2.45) is 0 Å². The van der Waals surface area contributed by atoms with Gasteiger partial charge in [-0.1, -0.05) is 72.4 Å². The van der Waals surface area contributed by atoms with Crippen LogP contribution >= 0.6 is 23.2 Å². The van der Waals surface area contributed by atoms with E-state index in [9.17, 15) is 22.4 Å². The first-order chi connectivity index (χ1) is 18.9. The molecule has 0 fully saturated rings. The van der Waals surface area contributed by atoms with E-state index in [0.29, 0.717) is 12.1 Å². The lowest BCUT2D eigenvalue weighted by atomic mass is 10.1. The van der Waals surface area contributed by atoms with Crippen LogP contribution in [-0.4, -0.2) is 44.3 Å². The summed E-state index contributed by atoms with van der Waals surface area (Å²) in [6.45, 7) is 5.10. The minimum absolute atomic E-state index is 0.0184. The minimum Gasteiger partial charge on any atom is -0.354 e. The standard InChI is InChI=1S/C29H32Cl2FN3O4S/c1-4-5-17-33-29(37)21(3)34(18-22-11-13-23(32)14-12-22)27(36)19-35(26-8-6-7-25(30)28(26)31)40(38,39)24-15-9-20(2)10-16-24/h6-16,21H,4-5,17-19H2,1-3H3,(H,33,37)/t21-/m1/s1. The molecule has 40 heavy (non-hydrogen) atoms. The molecule has 0 saturated carbocycles. The number of hydrogen-bond donors (Lipinski definition) is 1. The third kappa shape index (κ3) is 7.74. The highest BCUT2D eigenvalue weighted by molar-refractivity contribution is 7.92. The number of hydrogen-bond acceptors (Lipinski definition) is 4. The molecule has 0 bridgehead atoms. The second kappa shape index (κ2) is 14.0. The molecule has 3 rings (SSSR count). The molecule has 0 aliphatic heterocycles. The molecule has 1 N–H and O–H groups in total. The van der Waals surface area contributed by atoms with Crippen molar-refractivity contribution in [2.75, 3.05) is 17.4 Å². The number of unbranched alkanes of at least 4 members (excludes halogenated alkanes) is 1. The van der Waals surface area contributed by atoms with Gasteiger partial charge in [0.1, 0.15) is 18.4 Å². The maximum absolute atomic E-state index is 13.9. The van der Waals surface area contributed by atoms with Crippen molar-refractivity contribution < 1.29 is 22.4 Å². The minimum atomic E-state index is -4.29. The molecule has 7 nitrogen and oxygen atoms in total. The molecule has 0 spiro atoms. The van der Waals surface area contributed by atoms with E-state index in [1.165, 1.54) is 59.5 Å². The molecule has 0 aliphatic carbocycles. The van der Waals surface area contributed by atoms with E-state index in [2.05, 4.69) is 5.32 Å². The van der Waals surface area contributed by atoms with E-state index < -0.39 is 40.2 Å². The summed E-state index contributed by atoms with van der Waals surface area (Å²) in [5.41, 5.74) is 1.44. The van der Waals surface area contributed by atoms with Crippen LogP contribution in [0.1, 0.15) is 37.8 Å². The van der Waals surface area contributed by atoms with Crippen molar-refractivity contribution in [3.05, 3.63) is 93.7 Å².